The van der Waals surface area contributed by atoms with Gasteiger partial charge in [-0.25, -0.2) is 0 Å². The lowest BCUT2D eigenvalue weighted by Gasteiger charge is -2.16. The zero-order valence-electron chi connectivity index (χ0n) is 19.1. The lowest BCUT2D eigenvalue weighted by atomic mass is 10.1. The predicted octanol–water partition coefficient (Wildman–Crippen LogP) is 8.40. The predicted molar refractivity (Wildman–Crippen MR) is 146 cm³/mol. The number of carbonyl (C=O) groups excluding carboxylic acids is 1. The molecule has 0 spiro atoms. The van der Waals surface area contributed by atoms with Gasteiger partial charge in [0.15, 0.2) is 15.8 Å². The molecule has 4 nitrogen and oxygen atoms in total. The molecular formula is C26H18Cl2F3NO3S2. The van der Waals surface area contributed by atoms with E-state index >= 15 is 0 Å². The molecule has 0 atom stereocenters. The number of amides is 1. The minimum Gasteiger partial charge on any atom is -0.490 e. The van der Waals surface area contributed by atoms with Crippen molar-refractivity contribution in [2.24, 2.45) is 0 Å². The molecule has 1 amide bonds. The molecule has 1 aliphatic heterocycles. The summed E-state index contributed by atoms with van der Waals surface area (Å²) >= 11 is 18.5. The van der Waals surface area contributed by atoms with E-state index in [9.17, 15) is 18.0 Å². The van der Waals surface area contributed by atoms with E-state index in [1.807, 2.05) is 6.92 Å². The topological polar surface area (TPSA) is 38.8 Å². The first-order valence-corrected chi connectivity index (χ1v) is 12.8. The van der Waals surface area contributed by atoms with Crippen molar-refractivity contribution in [2.75, 3.05) is 11.5 Å². The highest BCUT2D eigenvalue weighted by Gasteiger charge is 2.36. The third-order valence-electron chi connectivity index (χ3n) is 5.19. The van der Waals surface area contributed by atoms with Gasteiger partial charge in [-0.2, -0.15) is 13.2 Å². The van der Waals surface area contributed by atoms with Crippen LogP contribution in [0.3, 0.4) is 0 Å². The number of halogens is 5. The fraction of sp³-hybridized carbons (Fsp3) is 0.154. The Morgan fingerprint density at radius 1 is 1.03 bits per heavy atom. The first kappa shape index (κ1) is 27.3. The van der Waals surface area contributed by atoms with Crippen molar-refractivity contribution in [1.82, 2.24) is 0 Å². The van der Waals surface area contributed by atoms with Crippen LogP contribution in [0.2, 0.25) is 10.0 Å². The number of rotatable bonds is 7. The second-order valence-electron chi connectivity index (χ2n) is 7.73. The van der Waals surface area contributed by atoms with E-state index in [-0.39, 0.29) is 21.5 Å². The molecule has 0 aromatic heterocycles. The van der Waals surface area contributed by atoms with E-state index in [1.165, 1.54) is 12.1 Å². The van der Waals surface area contributed by atoms with Crippen molar-refractivity contribution in [2.45, 2.75) is 19.7 Å². The van der Waals surface area contributed by atoms with Gasteiger partial charge in [0.2, 0.25) is 0 Å². The zero-order chi connectivity index (χ0) is 26.7. The Balaban J connectivity index is 1.56. The van der Waals surface area contributed by atoms with Gasteiger partial charge in [-0.15, -0.1) is 0 Å². The summed E-state index contributed by atoms with van der Waals surface area (Å²) in [6, 6.07) is 14.8. The Bertz CT molecular complexity index is 1400. The Morgan fingerprint density at radius 3 is 2.51 bits per heavy atom. The molecule has 0 bridgehead atoms. The average Bonchev–Trinajstić information content (AvgIpc) is 3.11. The Labute approximate surface area is 231 Å². The van der Waals surface area contributed by atoms with Gasteiger partial charge in [0.25, 0.3) is 5.91 Å². The van der Waals surface area contributed by atoms with Crippen LogP contribution in [0.1, 0.15) is 23.6 Å². The maximum atomic E-state index is 13.1. The first-order valence-electron chi connectivity index (χ1n) is 10.9. The van der Waals surface area contributed by atoms with E-state index in [4.69, 9.17) is 44.9 Å². The van der Waals surface area contributed by atoms with Crippen molar-refractivity contribution in [3.05, 3.63) is 92.3 Å². The standard InChI is InChI=1S/C26H18Cl2F3NO3S2/c1-2-34-22-10-15(6-9-21(22)35-14-16-7-8-18(27)13-20(16)28)11-23-24(33)32(25(36)37-23)19-5-3-4-17(12-19)26(29,30)31/h3-13H,2,14H2,1H3. The maximum Gasteiger partial charge on any atom is 0.416 e. The molecule has 11 heteroatoms. The summed E-state index contributed by atoms with van der Waals surface area (Å²) in [6.45, 7) is 2.39. The minimum atomic E-state index is -4.54. The summed E-state index contributed by atoms with van der Waals surface area (Å²) in [4.78, 5) is 14.4. The van der Waals surface area contributed by atoms with Crippen LogP contribution in [0.5, 0.6) is 11.5 Å². The van der Waals surface area contributed by atoms with Gasteiger partial charge in [0, 0.05) is 15.6 Å². The van der Waals surface area contributed by atoms with Gasteiger partial charge in [0.05, 0.1) is 22.8 Å². The zero-order valence-corrected chi connectivity index (χ0v) is 22.3. The van der Waals surface area contributed by atoms with Crippen LogP contribution >= 0.6 is 47.2 Å². The lowest BCUT2D eigenvalue weighted by molar-refractivity contribution is -0.137. The number of hydrogen-bond acceptors (Lipinski definition) is 5. The van der Waals surface area contributed by atoms with E-state index < -0.39 is 17.6 Å². The minimum absolute atomic E-state index is 0.0559. The van der Waals surface area contributed by atoms with Crippen molar-refractivity contribution in [1.29, 1.82) is 0 Å². The molecule has 1 saturated heterocycles. The second-order valence-corrected chi connectivity index (χ2v) is 10.2. The van der Waals surface area contributed by atoms with Gasteiger partial charge in [-0.3, -0.25) is 9.69 Å². The fourth-order valence-corrected chi connectivity index (χ4v) is 5.22. The monoisotopic (exact) mass is 583 g/mol. The van der Waals surface area contributed by atoms with E-state index in [1.54, 1.807) is 42.5 Å². The van der Waals surface area contributed by atoms with Crippen LogP contribution in [0.25, 0.3) is 6.08 Å². The molecule has 1 aliphatic rings. The van der Waals surface area contributed by atoms with Gasteiger partial charge in [0.1, 0.15) is 6.61 Å². The number of anilines is 1. The normalized spacial score (nSPS) is 15.0. The van der Waals surface area contributed by atoms with Crippen LogP contribution in [-0.4, -0.2) is 16.8 Å². The van der Waals surface area contributed by atoms with Crippen molar-refractivity contribution in [3.63, 3.8) is 0 Å². The second kappa shape index (κ2) is 11.3. The van der Waals surface area contributed by atoms with Crippen molar-refractivity contribution in [3.8, 4) is 11.5 Å². The molecular weight excluding hydrogens is 566 g/mol. The van der Waals surface area contributed by atoms with Gasteiger partial charge in [-0.1, -0.05) is 65.4 Å². The number of hydrogen-bond donors (Lipinski definition) is 0. The summed E-state index contributed by atoms with van der Waals surface area (Å²) in [6.07, 6.45) is -2.93. The number of ether oxygens (including phenoxy) is 2. The van der Waals surface area contributed by atoms with Crippen LogP contribution in [0, 0.1) is 0 Å². The highest BCUT2D eigenvalue weighted by Crippen LogP contribution is 2.39. The van der Waals surface area contributed by atoms with Crippen LogP contribution < -0.4 is 14.4 Å². The molecule has 4 rings (SSSR count). The number of thioether (sulfide) groups is 1. The van der Waals surface area contributed by atoms with Crippen LogP contribution in [0.4, 0.5) is 18.9 Å². The van der Waals surface area contributed by atoms with E-state index in [2.05, 4.69) is 0 Å². The molecule has 0 N–H and O–H groups in total. The number of alkyl halides is 3. The molecule has 37 heavy (non-hydrogen) atoms. The number of nitrogens with zero attached hydrogens (tertiary/aromatic N) is 1. The van der Waals surface area contributed by atoms with Crippen LogP contribution in [-0.2, 0) is 17.6 Å². The number of thiocarbonyl (C=S) groups is 1. The number of carbonyl (C=O) groups is 1. The summed E-state index contributed by atoms with van der Waals surface area (Å²) in [7, 11) is 0. The molecule has 3 aromatic carbocycles. The quantitative estimate of drug-likeness (QED) is 0.206. The molecule has 0 radical (unpaired) electrons. The number of benzene rings is 3. The highest BCUT2D eigenvalue weighted by atomic mass is 35.5. The molecule has 192 valence electrons. The molecule has 3 aromatic rings. The summed E-state index contributed by atoms with van der Waals surface area (Å²) in [5, 5.41) is 0.997. The smallest absolute Gasteiger partial charge is 0.416 e. The van der Waals surface area contributed by atoms with Gasteiger partial charge < -0.3 is 9.47 Å². The molecule has 1 heterocycles. The third kappa shape index (κ3) is 6.41. The Kier molecular flexibility index (Phi) is 8.38. The van der Waals surface area contributed by atoms with Gasteiger partial charge in [-0.05, 0) is 61.0 Å². The average molecular weight is 584 g/mol. The molecule has 0 unspecified atom stereocenters. The summed E-state index contributed by atoms with van der Waals surface area (Å²) in [5.41, 5.74) is 0.570. The summed E-state index contributed by atoms with van der Waals surface area (Å²) < 4.78 is 51.2. The van der Waals surface area contributed by atoms with E-state index in [0.717, 1.165) is 34.4 Å². The lowest BCUT2D eigenvalue weighted by Crippen LogP contribution is -2.27. The SMILES string of the molecule is CCOc1cc(C=C2SC(=S)N(c3cccc(C(F)(F)F)c3)C2=O)ccc1OCc1ccc(Cl)cc1Cl. The fourth-order valence-electron chi connectivity index (χ4n) is 3.46. The van der Waals surface area contributed by atoms with Crippen molar-refractivity contribution < 1.29 is 27.4 Å². The largest absolute Gasteiger partial charge is 0.490 e. The maximum absolute atomic E-state index is 13.1. The molecule has 0 aliphatic carbocycles. The molecule has 0 saturated carbocycles. The third-order valence-corrected chi connectivity index (χ3v) is 7.08. The van der Waals surface area contributed by atoms with Crippen LogP contribution in [0.15, 0.2) is 65.6 Å². The Hall–Kier alpha value is -2.72. The Morgan fingerprint density at radius 2 is 1.81 bits per heavy atom. The first-order chi connectivity index (χ1) is 17.6. The van der Waals surface area contributed by atoms with Crippen molar-refractivity contribution >= 4 is 69.2 Å². The summed E-state index contributed by atoms with van der Waals surface area (Å²) in [5.74, 6) is 0.418. The van der Waals surface area contributed by atoms with E-state index in [0.29, 0.717) is 33.7 Å². The highest BCUT2D eigenvalue weighted by molar-refractivity contribution is 8.27. The van der Waals surface area contributed by atoms with Gasteiger partial charge >= 0.3 is 6.18 Å². The molecule has 1 fully saturated rings.